The summed E-state index contributed by atoms with van der Waals surface area (Å²) in [7, 11) is 0. The van der Waals surface area contributed by atoms with Crippen molar-refractivity contribution >= 4 is 5.69 Å². The van der Waals surface area contributed by atoms with Crippen LogP contribution in [0.3, 0.4) is 0 Å². The Kier molecular flexibility index (Phi) is 1.85. The van der Waals surface area contributed by atoms with Crippen LogP contribution in [0.1, 0.15) is 5.82 Å². The van der Waals surface area contributed by atoms with Crippen molar-refractivity contribution in [1.82, 2.24) is 14.8 Å². The van der Waals surface area contributed by atoms with Gasteiger partial charge < -0.3 is 5.73 Å². The topological polar surface area (TPSA) is 76.7 Å². The normalized spacial score (nSPS) is 10.4. The molecule has 1 aromatic heterocycles. The summed E-state index contributed by atoms with van der Waals surface area (Å²) in [6.07, 6.45) is 0. The summed E-state index contributed by atoms with van der Waals surface area (Å²) >= 11 is 0. The van der Waals surface area contributed by atoms with E-state index in [1.807, 2.05) is 0 Å². The first-order valence-corrected chi connectivity index (χ1v) is 4.18. The van der Waals surface area contributed by atoms with Gasteiger partial charge in [0.2, 0.25) is 0 Å². The van der Waals surface area contributed by atoms with Gasteiger partial charge in [-0.05, 0) is 31.2 Å². The van der Waals surface area contributed by atoms with Gasteiger partial charge in [-0.1, -0.05) is 0 Å². The molecule has 1 aromatic carbocycles. The van der Waals surface area contributed by atoms with Crippen molar-refractivity contribution < 1.29 is 0 Å². The van der Waals surface area contributed by atoms with Gasteiger partial charge in [-0.15, -0.1) is 0 Å². The molecule has 3 N–H and O–H groups in total. The minimum absolute atomic E-state index is 0.243. The number of hydrogen-bond donors (Lipinski definition) is 2. The molecule has 0 radical (unpaired) electrons. The average molecular weight is 190 g/mol. The number of nitrogens with one attached hydrogen (secondary N) is 1. The largest absolute Gasteiger partial charge is 0.399 e. The second-order valence-electron chi connectivity index (χ2n) is 3.00. The second kappa shape index (κ2) is 3.02. The molecule has 2 aromatic rings. The van der Waals surface area contributed by atoms with E-state index in [4.69, 9.17) is 5.73 Å². The van der Waals surface area contributed by atoms with Crippen LogP contribution in [0, 0.1) is 6.92 Å². The lowest BCUT2D eigenvalue weighted by atomic mass is 10.3. The molecule has 0 aliphatic carbocycles. The van der Waals surface area contributed by atoms with Crippen LogP contribution in [-0.2, 0) is 0 Å². The fourth-order valence-electron chi connectivity index (χ4n) is 1.30. The van der Waals surface area contributed by atoms with Crippen molar-refractivity contribution in [3.8, 4) is 5.69 Å². The number of rotatable bonds is 1. The van der Waals surface area contributed by atoms with Gasteiger partial charge in [0, 0.05) is 5.69 Å². The molecule has 1 heterocycles. The van der Waals surface area contributed by atoms with Crippen molar-refractivity contribution in [3.63, 3.8) is 0 Å². The van der Waals surface area contributed by atoms with Gasteiger partial charge in [0.25, 0.3) is 0 Å². The lowest BCUT2D eigenvalue weighted by Crippen LogP contribution is -2.15. The van der Waals surface area contributed by atoms with E-state index in [9.17, 15) is 4.79 Å². The van der Waals surface area contributed by atoms with E-state index in [1.165, 1.54) is 4.57 Å². The highest BCUT2D eigenvalue weighted by atomic mass is 16.1. The zero-order valence-electron chi connectivity index (χ0n) is 7.69. The molecule has 14 heavy (non-hydrogen) atoms. The van der Waals surface area contributed by atoms with Gasteiger partial charge in [-0.25, -0.2) is 14.5 Å². The molecule has 2 rings (SSSR count). The summed E-state index contributed by atoms with van der Waals surface area (Å²) < 4.78 is 1.49. The monoisotopic (exact) mass is 190 g/mol. The van der Waals surface area contributed by atoms with E-state index in [0.29, 0.717) is 11.5 Å². The van der Waals surface area contributed by atoms with Gasteiger partial charge in [0.1, 0.15) is 5.82 Å². The maximum absolute atomic E-state index is 11.3. The molecule has 0 unspecified atom stereocenters. The number of H-pyrrole nitrogens is 1. The van der Waals surface area contributed by atoms with Crippen LogP contribution in [0.4, 0.5) is 5.69 Å². The fraction of sp³-hybridized carbons (Fsp3) is 0.111. The van der Waals surface area contributed by atoms with Gasteiger partial charge in [0.15, 0.2) is 0 Å². The number of nitrogens with zero attached hydrogens (tertiary/aromatic N) is 2. The van der Waals surface area contributed by atoms with Crippen molar-refractivity contribution in [3.05, 3.63) is 40.6 Å². The van der Waals surface area contributed by atoms with E-state index >= 15 is 0 Å². The molecule has 0 atom stereocenters. The molecule has 0 spiro atoms. The third-order valence-electron chi connectivity index (χ3n) is 1.99. The second-order valence-corrected chi connectivity index (χ2v) is 3.00. The van der Waals surface area contributed by atoms with Crippen LogP contribution in [-0.4, -0.2) is 14.8 Å². The maximum Gasteiger partial charge on any atom is 0.347 e. The first-order valence-electron chi connectivity index (χ1n) is 4.18. The molecule has 5 heteroatoms. The van der Waals surface area contributed by atoms with E-state index in [2.05, 4.69) is 10.2 Å². The Balaban J connectivity index is 2.60. The number of nitrogen functional groups attached to an aromatic ring is 1. The van der Waals surface area contributed by atoms with Crippen LogP contribution in [0.2, 0.25) is 0 Å². The predicted molar refractivity (Wildman–Crippen MR) is 53.3 cm³/mol. The molecular formula is C9H10N4O. The predicted octanol–water partition coefficient (Wildman–Crippen LogP) is 0.451. The Morgan fingerprint density at radius 3 is 2.50 bits per heavy atom. The Labute approximate surface area is 80.2 Å². The number of hydrogen-bond acceptors (Lipinski definition) is 3. The summed E-state index contributed by atoms with van der Waals surface area (Å²) in [6.45, 7) is 1.76. The van der Waals surface area contributed by atoms with Crippen LogP contribution < -0.4 is 11.4 Å². The Morgan fingerprint density at radius 1 is 1.36 bits per heavy atom. The molecule has 0 aliphatic rings. The van der Waals surface area contributed by atoms with Gasteiger partial charge in [0.05, 0.1) is 5.69 Å². The lowest BCUT2D eigenvalue weighted by Gasteiger charge is -2.02. The standard InChI is InChI=1S/C9H10N4O/c1-6-11-12-9(14)13(6)8-4-2-7(10)3-5-8/h2-5H,10H2,1H3,(H,12,14). The molecule has 5 nitrogen and oxygen atoms in total. The average Bonchev–Trinajstić information content (AvgIpc) is 2.49. The summed E-state index contributed by atoms with van der Waals surface area (Å²) in [5.41, 5.74) is 6.73. The lowest BCUT2D eigenvalue weighted by molar-refractivity contribution is 0.944. The highest BCUT2D eigenvalue weighted by Gasteiger charge is 2.04. The van der Waals surface area contributed by atoms with E-state index < -0.39 is 0 Å². The van der Waals surface area contributed by atoms with Gasteiger partial charge in [-0.2, -0.15) is 5.10 Å². The van der Waals surface area contributed by atoms with Crippen LogP contribution in [0.25, 0.3) is 5.69 Å². The zero-order valence-corrected chi connectivity index (χ0v) is 7.69. The van der Waals surface area contributed by atoms with Crippen molar-refractivity contribution in [1.29, 1.82) is 0 Å². The number of nitrogens with two attached hydrogens (primary N) is 1. The molecular weight excluding hydrogens is 180 g/mol. The van der Waals surface area contributed by atoms with E-state index in [1.54, 1.807) is 31.2 Å². The smallest absolute Gasteiger partial charge is 0.347 e. The van der Waals surface area contributed by atoms with Gasteiger partial charge in [-0.3, -0.25) is 0 Å². The first-order chi connectivity index (χ1) is 6.68. The van der Waals surface area contributed by atoms with Crippen LogP contribution in [0.5, 0.6) is 0 Å². The highest BCUT2D eigenvalue weighted by Crippen LogP contribution is 2.09. The minimum atomic E-state index is -0.243. The maximum atomic E-state index is 11.3. The molecule has 0 saturated heterocycles. The number of aryl methyl sites for hydroxylation is 1. The van der Waals surface area contributed by atoms with Crippen LogP contribution >= 0.6 is 0 Å². The molecule has 72 valence electrons. The minimum Gasteiger partial charge on any atom is -0.399 e. The highest BCUT2D eigenvalue weighted by molar-refractivity contribution is 5.45. The molecule has 0 aliphatic heterocycles. The number of aromatic nitrogens is 3. The van der Waals surface area contributed by atoms with E-state index in [0.717, 1.165) is 5.69 Å². The summed E-state index contributed by atoms with van der Waals surface area (Å²) in [5, 5.41) is 6.19. The molecule has 0 bridgehead atoms. The SMILES string of the molecule is Cc1n[nH]c(=O)n1-c1ccc(N)cc1. The summed E-state index contributed by atoms with van der Waals surface area (Å²) in [6, 6.07) is 7.04. The molecule has 0 saturated carbocycles. The number of anilines is 1. The van der Waals surface area contributed by atoms with Crippen molar-refractivity contribution in [2.24, 2.45) is 0 Å². The number of benzene rings is 1. The zero-order chi connectivity index (χ0) is 10.1. The molecule has 0 fully saturated rings. The van der Waals surface area contributed by atoms with Crippen LogP contribution in [0.15, 0.2) is 29.1 Å². The Bertz CT molecular complexity index is 494. The Morgan fingerprint density at radius 2 is 2.00 bits per heavy atom. The van der Waals surface area contributed by atoms with Gasteiger partial charge >= 0.3 is 5.69 Å². The summed E-state index contributed by atoms with van der Waals surface area (Å²) in [5.74, 6) is 0.625. The third kappa shape index (κ3) is 1.28. The van der Waals surface area contributed by atoms with Crippen molar-refractivity contribution in [2.75, 3.05) is 5.73 Å². The van der Waals surface area contributed by atoms with E-state index in [-0.39, 0.29) is 5.69 Å². The van der Waals surface area contributed by atoms with Crippen molar-refractivity contribution in [2.45, 2.75) is 6.92 Å². The quantitative estimate of drug-likeness (QED) is 0.641. The first kappa shape index (κ1) is 8.55. The fourth-order valence-corrected chi connectivity index (χ4v) is 1.30. The third-order valence-corrected chi connectivity index (χ3v) is 1.99. The summed E-state index contributed by atoms with van der Waals surface area (Å²) in [4.78, 5) is 11.3. The number of aromatic amines is 1. The molecule has 0 amide bonds. The Hall–Kier alpha value is -2.04.